The van der Waals surface area contributed by atoms with Crippen molar-refractivity contribution in [3.8, 4) is 0 Å². The Labute approximate surface area is 270 Å². The summed E-state index contributed by atoms with van der Waals surface area (Å²) in [5.74, 6) is -0.409. The third kappa shape index (κ3) is 12.8. The molecular weight excluding hydrogens is 620 g/mol. The van der Waals surface area contributed by atoms with Gasteiger partial charge in [-0.15, -0.1) is 22.7 Å². The summed E-state index contributed by atoms with van der Waals surface area (Å²) in [7, 11) is 0. The number of ether oxygens (including phenoxy) is 2. The number of carbonyl (C=O) groups is 3. The summed E-state index contributed by atoms with van der Waals surface area (Å²) in [4.78, 5) is 54.4. The summed E-state index contributed by atoms with van der Waals surface area (Å²) in [6.07, 6.45) is 1.48. The molecule has 0 fully saturated rings. The Morgan fingerprint density at radius 1 is 0.682 bits per heavy atom. The maximum absolute atomic E-state index is 12.3. The Bertz CT molecular complexity index is 1490. The van der Waals surface area contributed by atoms with Crippen molar-refractivity contribution in [2.75, 3.05) is 0 Å². The molecule has 0 aliphatic carbocycles. The van der Waals surface area contributed by atoms with Crippen molar-refractivity contribution in [2.45, 2.75) is 53.8 Å². The molecule has 44 heavy (non-hydrogen) atoms. The zero-order valence-electron chi connectivity index (χ0n) is 25.0. The Morgan fingerprint density at radius 3 is 1.52 bits per heavy atom. The van der Waals surface area contributed by atoms with Gasteiger partial charge in [-0.2, -0.15) is 9.59 Å². The molecule has 2 aromatic carbocycles. The second-order valence-electron chi connectivity index (χ2n) is 10.9. The normalized spacial score (nSPS) is 10.7. The SMILES string of the molecule is CC(C)(Cc1ccc(C(=O)Cl)s1)C(=O)OCc1ccccc1.CC(C)(Cc1cccs1)C(=O)OCc1ccccc1.O=C=O. The number of thiophene rings is 2. The van der Waals surface area contributed by atoms with Crippen LogP contribution >= 0.6 is 34.3 Å². The van der Waals surface area contributed by atoms with E-state index in [0.29, 0.717) is 17.9 Å². The quantitative estimate of drug-likeness (QED) is 0.120. The highest BCUT2D eigenvalue weighted by atomic mass is 35.5. The molecule has 4 rings (SSSR count). The Morgan fingerprint density at radius 2 is 1.14 bits per heavy atom. The predicted molar refractivity (Wildman–Crippen MR) is 171 cm³/mol. The van der Waals surface area contributed by atoms with Gasteiger partial charge in [0.05, 0.1) is 15.7 Å². The topological polar surface area (TPSA) is 104 Å². The van der Waals surface area contributed by atoms with E-state index in [4.69, 9.17) is 30.7 Å². The van der Waals surface area contributed by atoms with Crippen LogP contribution in [0.1, 0.15) is 58.2 Å². The minimum absolute atomic E-state index is 0.148. The van der Waals surface area contributed by atoms with E-state index in [-0.39, 0.29) is 24.7 Å². The third-order valence-corrected chi connectivity index (χ3v) is 8.47. The summed E-state index contributed by atoms with van der Waals surface area (Å²) in [6.45, 7) is 8.14. The first-order chi connectivity index (χ1) is 20.9. The molecule has 232 valence electrons. The van der Waals surface area contributed by atoms with Crippen molar-refractivity contribution in [2.24, 2.45) is 10.8 Å². The maximum Gasteiger partial charge on any atom is 0.373 e. The van der Waals surface area contributed by atoms with Crippen LogP contribution in [0.5, 0.6) is 0 Å². The first-order valence-corrected chi connectivity index (χ1v) is 15.7. The van der Waals surface area contributed by atoms with Gasteiger partial charge in [0.15, 0.2) is 0 Å². The van der Waals surface area contributed by atoms with Gasteiger partial charge >= 0.3 is 18.1 Å². The predicted octanol–water partition coefficient (Wildman–Crippen LogP) is 7.92. The fourth-order valence-corrected chi connectivity index (χ4v) is 6.02. The van der Waals surface area contributed by atoms with E-state index in [2.05, 4.69) is 6.07 Å². The lowest BCUT2D eigenvalue weighted by Crippen LogP contribution is -2.28. The average Bonchev–Trinajstić information content (AvgIpc) is 3.68. The molecular formula is C34H35ClO7S2. The summed E-state index contributed by atoms with van der Waals surface area (Å²) in [5.41, 5.74) is 0.826. The van der Waals surface area contributed by atoms with E-state index in [1.807, 2.05) is 106 Å². The molecule has 0 aliphatic rings. The fourth-order valence-electron chi connectivity index (χ4n) is 3.84. The van der Waals surface area contributed by atoms with Crippen LogP contribution in [-0.2, 0) is 54.7 Å². The molecule has 10 heteroatoms. The third-order valence-electron chi connectivity index (χ3n) is 6.20. The van der Waals surface area contributed by atoms with Gasteiger partial charge in [-0.05, 0) is 86.8 Å². The lowest BCUT2D eigenvalue weighted by molar-refractivity contribution is -0.191. The molecule has 0 radical (unpaired) electrons. The molecule has 0 unspecified atom stereocenters. The number of hydrogen-bond donors (Lipinski definition) is 0. The summed E-state index contributed by atoms with van der Waals surface area (Å²) in [6, 6.07) is 26.9. The van der Waals surface area contributed by atoms with Crippen LogP contribution in [0.25, 0.3) is 0 Å². The minimum Gasteiger partial charge on any atom is -0.460 e. The largest absolute Gasteiger partial charge is 0.460 e. The average molecular weight is 655 g/mol. The van der Waals surface area contributed by atoms with E-state index >= 15 is 0 Å². The number of hydrogen-bond acceptors (Lipinski definition) is 9. The van der Waals surface area contributed by atoms with Crippen molar-refractivity contribution in [1.82, 2.24) is 0 Å². The first kappa shape index (κ1) is 36.3. The van der Waals surface area contributed by atoms with Crippen LogP contribution in [0.4, 0.5) is 0 Å². The van der Waals surface area contributed by atoms with Gasteiger partial charge in [0, 0.05) is 9.75 Å². The molecule has 0 bridgehead atoms. The molecule has 0 saturated heterocycles. The number of esters is 2. The summed E-state index contributed by atoms with van der Waals surface area (Å²) < 4.78 is 10.8. The lowest BCUT2D eigenvalue weighted by atomic mass is 9.89. The van der Waals surface area contributed by atoms with E-state index in [0.717, 1.165) is 22.4 Å². The van der Waals surface area contributed by atoms with E-state index in [1.165, 1.54) is 16.2 Å². The second-order valence-corrected chi connectivity index (χ2v) is 13.5. The van der Waals surface area contributed by atoms with Gasteiger partial charge in [0.1, 0.15) is 13.2 Å². The van der Waals surface area contributed by atoms with Crippen molar-refractivity contribution in [3.05, 3.63) is 116 Å². The molecule has 0 aliphatic heterocycles. The highest BCUT2D eigenvalue weighted by Gasteiger charge is 2.31. The van der Waals surface area contributed by atoms with Crippen LogP contribution < -0.4 is 0 Å². The Hall–Kier alpha value is -3.88. The molecule has 0 amide bonds. The molecule has 0 N–H and O–H groups in total. The summed E-state index contributed by atoms with van der Waals surface area (Å²) >= 11 is 8.43. The van der Waals surface area contributed by atoms with Crippen LogP contribution in [-0.4, -0.2) is 23.3 Å². The lowest BCUT2D eigenvalue weighted by Gasteiger charge is -2.21. The van der Waals surface area contributed by atoms with E-state index in [9.17, 15) is 14.4 Å². The molecule has 7 nitrogen and oxygen atoms in total. The minimum atomic E-state index is -0.660. The smallest absolute Gasteiger partial charge is 0.373 e. The van der Waals surface area contributed by atoms with Gasteiger partial charge in [-0.3, -0.25) is 14.4 Å². The Balaban J connectivity index is 0.000000284. The van der Waals surface area contributed by atoms with Crippen molar-refractivity contribution < 1.29 is 33.4 Å². The highest BCUT2D eigenvalue weighted by molar-refractivity contribution is 7.15. The fraction of sp³-hybridized carbons (Fsp3) is 0.294. The van der Waals surface area contributed by atoms with Gasteiger partial charge in [-0.1, -0.05) is 66.7 Å². The van der Waals surface area contributed by atoms with Crippen molar-refractivity contribution in [1.29, 1.82) is 0 Å². The number of halogens is 1. The van der Waals surface area contributed by atoms with Crippen LogP contribution in [0.3, 0.4) is 0 Å². The van der Waals surface area contributed by atoms with Crippen LogP contribution in [0, 0.1) is 10.8 Å². The maximum atomic E-state index is 12.3. The Kier molecular flexibility index (Phi) is 14.9. The highest BCUT2D eigenvalue weighted by Crippen LogP contribution is 2.29. The molecule has 0 atom stereocenters. The first-order valence-electron chi connectivity index (χ1n) is 13.6. The number of carbonyl (C=O) groups excluding carboxylic acids is 5. The van der Waals surface area contributed by atoms with Crippen LogP contribution in [0.15, 0.2) is 90.3 Å². The standard InChI is InChI=1S/C17H17ClO3S.C16H18O2S.CO2/c1-17(2,10-13-8-9-14(22-13)15(18)19)16(20)21-11-12-6-4-3-5-7-12;1-16(2,11-14-9-6-10-19-14)15(17)18-12-13-7-4-3-5-8-13;2-1-3/h3-9H,10-11H2,1-2H3;3-10H,11-12H2,1-2H3;. The van der Waals surface area contributed by atoms with E-state index < -0.39 is 16.1 Å². The van der Waals surface area contributed by atoms with Gasteiger partial charge < -0.3 is 9.47 Å². The number of rotatable bonds is 11. The second kappa shape index (κ2) is 18.0. The van der Waals surface area contributed by atoms with Gasteiger partial charge in [0.2, 0.25) is 0 Å². The van der Waals surface area contributed by atoms with Crippen LogP contribution in [0.2, 0.25) is 0 Å². The zero-order chi connectivity index (χ0) is 32.6. The number of benzene rings is 2. The summed E-state index contributed by atoms with van der Waals surface area (Å²) in [5, 5.41) is 1.56. The van der Waals surface area contributed by atoms with Crippen molar-refractivity contribution in [3.63, 3.8) is 0 Å². The molecule has 0 saturated carbocycles. The molecule has 2 aromatic heterocycles. The molecule has 2 heterocycles. The molecule has 4 aromatic rings. The van der Waals surface area contributed by atoms with Gasteiger partial charge in [-0.25, -0.2) is 0 Å². The zero-order valence-corrected chi connectivity index (χ0v) is 27.4. The monoisotopic (exact) mass is 654 g/mol. The van der Waals surface area contributed by atoms with Crippen molar-refractivity contribution >= 4 is 57.6 Å². The van der Waals surface area contributed by atoms with E-state index in [1.54, 1.807) is 17.4 Å². The van der Waals surface area contributed by atoms with Gasteiger partial charge in [0.25, 0.3) is 5.24 Å². The molecule has 0 spiro atoms.